The average molecular weight is 300 g/mol. The van der Waals surface area contributed by atoms with Crippen molar-refractivity contribution in [2.45, 2.75) is 64.7 Å². The highest BCUT2D eigenvalue weighted by Crippen LogP contribution is 2.08. The quantitative estimate of drug-likeness (QED) is 0.452. The Kier molecular flexibility index (Phi) is 12.4. The lowest BCUT2D eigenvalue weighted by Crippen LogP contribution is -2.33. The van der Waals surface area contributed by atoms with Crippen molar-refractivity contribution in [2.75, 3.05) is 13.1 Å². The van der Waals surface area contributed by atoms with Crippen LogP contribution in [-0.4, -0.2) is 36.0 Å². The molecule has 0 aromatic carbocycles. The maximum Gasteiger partial charge on any atom is 0.322 e. The number of carboxylic acid groups (broad SMARTS) is 1. The minimum atomic E-state index is -1.08. The smallest absolute Gasteiger partial charge is 0.322 e. The van der Waals surface area contributed by atoms with Crippen LogP contribution in [0.2, 0.25) is 0 Å². The fourth-order valence-corrected chi connectivity index (χ4v) is 1.91. The number of amides is 2. The summed E-state index contributed by atoms with van der Waals surface area (Å²) in [7, 11) is 0. The summed E-state index contributed by atoms with van der Waals surface area (Å²) in [5, 5.41) is 13.3. The zero-order valence-corrected chi connectivity index (χ0v) is 13.0. The van der Waals surface area contributed by atoms with Crippen LogP contribution in [-0.2, 0) is 14.4 Å². The van der Waals surface area contributed by atoms with Crippen molar-refractivity contribution in [1.29, 1.82) is 0 Å². The topological polar surface area (TPSA) is 95.5 Å². The molecule has 6 heteroatoms. The second-order valence-electron chi connectivity index (χ2n) is 5.14. The molecule has 0 aliphatic heterocycles. The minimum absolute atomic E-state index is 0.0467. The van der Waals surface area contributed by atoms with Crippen molar-refractivity contribution in [3.8, 4) is 0 Å². The van der Waals surface area contributed by atoms with Crippen molar-refractivity contribution in [2.24, 2.45) is 0 Å². The van der Waals surface area contributed by atoms with Crippen molar-refractivity contribution in [3.63, 3.8) is 0 Å². The molecule has 0 aliphatic rings. The number of hydrogen-bond acceptors (Lipinski definition) is 3. The highest BCUT2D eigenvalue weighted by molar-refractivity contribution is 5.82. The van der Waals surface area contributed by atoms with Gasteiger partial charge in [-0.15, -0.1) is 0 Å². The molecule has 0 unspecified atom stereocenters. The molecule has 0 atom stereocenters. The average Bonchev–Trinajstić information content (AvgIpc) is 2.44. The molecule has 122 valence electrons. The van der Waals surface area contributed by atoms with E-state index in [0.717, 1.165) is 12.8 Å². The first kappa shape index (κ1) is 19.4. The molecule has 0 aromatic rings. The van der Waals surface area contributed by atoms with Gasteiger partial charge in [0.05, 0.1) is 0 Å². The molecular weight excluding hydrogens is 272 g/mol. The summed E-state index contributed by atoms with van der Waals surface area (Å²) >= 11 is 0. The Hall–Kier alpha value is -1.59. The Morgan fingerprint density at radius 2 is 1.38 bits per heavy atom. The molecule has 0 aromatic heterocycles. The van der Waals surface area contributed by atoms with Crippen molar-refractivity contribution in [3.05, 3.63) is 0 Å². The fraction of sp³-hybridized carbons (Fsp3) is 0.800. The maximum absolute atomic E-state index is 11.5. The van der Waals surface area contributed by atoms with Gasteiger partial charge in [0.25, 0.3) is 0 Å². The van der Waals surface area contributed by atoms with Crippen LogP contribution >= 0.6 is 0 Å². The molecule has 0 radical (unpaired) electrons. The summed E-state index contributed by atoms with van der Waals surface area (Å²) in [6, 6.07) is 0. The molecule has 0 bridgehead atoms. The molecule has 21 heavy (non-hydrogen) atoms. The van der Waals surface area contributed by atoms with Gasteiger partial charge in [-0.1, -0.05) is 45.4 Å². The second kappa shape index (κ2) is 13.4. The largest absolute Gasteiger partial charge is 0.480 e. The normalized spacial score (nSPS) is 10.1. The molecule has 3 N–H and O–H groups in total. The van der Waals surface area contributed by atoms with Crippen molar-refractivity contribution < 1.29 is 19.5 Å². The third-order valence-electron chi connectivity index (χ3n) is 3.12. The third kappa shape index (κ3) is 14.6. The lowest BCUT2D eigenvalue weighted by atomic mass is 10.1. The number of carbonyl (C=O) groups is 3. The lowest BCUT2D eigenvalue weighted by molar-refractivity contribution is -0.138. The van der Waals surface area contributed by atoms with Gasteiger partial charge in [0.15, 0.2) is 0 Å². The van der Waals surface area contributed by atoms with Gasteiger partial charge in [-0.05, 0) is 6.42 Å². The molecule has 0 fully saturated rings. The van der Waals surface area contributed by atoms with Gasteiger partial charge in [0, 0.05) is 19.4 Å². The van der Waals surface area contributed by atoms with Crippen molar-refractivity contribution >= 4 is 17.8 Å². The van der Waals surface area contributed by atoms with Gasteiger partial charge in [-0.25, -0.2) is 0 Å². The second-order valence-corrected chi connectivity index (χ2v) is 5.14. The SMILES string of the molecule is CCCCCCCCCC(=O)NCCC(=O)NCC(=O)O. The van der Waals surface area contributed by atoms with Crippen LogP contribution in [0.3, 0.4) is 0 Å². The predicted octanol–water partition coefficient (Wildman–Crippen LogP) is 1.83. The minimum Gasteiger partial charge on any atom is -0.480 e. The summed E-state index contributed by atoms with van der Waals surface area (Å²) < 4.78 is 0. The third-order valence-corrected chi connectivity index (χ3v) is 3.12. The zero-order chi connectivity index (χ0) is 15.9. The standard InChI is InChI=1S/C15H28N2O4/c1-2-3-4-5-6-7-8-9-13(18)16-11-10-14(19)17-12-15(20)21/h2-12H2,1H3,(H,16,18)(H,17,19)(H,20,21). The van der Waals surface area contributed by atoms with E-state index >= 15 is 0 Å². The van der Waals surface area contributed by atoms with Crippen LogP contribution in [0.15, 0.2) is 0 Å². The van der Waals surface area contributed by atoms with E-state index in [1.807, 2.05) is 0 Å². The number of carbonyl (C=O) groups excluding carboxylic acids is 2. The Labute approximate surface area is 126 Å². The lowest BCUT2D eigenvalue weighted by Gasteiger charge is -2.05. The number of unbranched alkanes of at least 4 members (excludes halogenated alkanes) is 6. The van der Waals surface area contributed by atoms with Gasteiger partial charge in [0.2, 0.25) is 11.8 Å². The van der Waals surface area contributed by atoms with Crippen LogP contribution in [0.4, 0.5) is 0 Å². The number of hydrogen-bond donors (Lipinski definition) is 3. The molecule has 0 aliphatic carbocycles. The van der Waals surface area contributed by atoms with Crippen LogP contribution in [0.1, 0.15) is 64.7 Å². The van der Waals surface area contributed by atoms with Crippen molar-refractivity contribution in [1.82, 2.24) is 10.6 Å². The van der Waals surface area contributed by atoms with Gasteiger partial charge in [-0.2, -0.15) is 0 Å². The first-order valence-electron chi connectivity index (χ1n) is 7.81. The van der Waals surface area contributed by atoms with E-state index in [-0.39, 0.29) is 31.3 Å². The molecule has 0 saturated heterocycles. The summed E-state index contributed by atoms with van der Waals surface area (Å²) in [6.07, 6.45) is 8.74. The van der Waals surface area contributed by atoms with Gasteiger partial charge < -0.3 is 15.7 Å². The van der Waals surface area contributed by atoms with Crippen LogP contribution < -0.4 is 10.6 Å². The molecule has 0 spiro atoms. The first-order chi connectivity index (χ1) is 10.1. The Morgan fingerprint density at radius 1 is 0.810 bits per heavy atom. The molecule has 0 heterocycles. The summed E-state index contributed by atoms with van der Waals surface area (Å²) in [6.45, 7) is 2.05. The molecular formula is C15H28N2O4. The van der Waals surface area contributed by atoms with E-state index in [1.165, 1.54) is 32.1 Å². The highest BCUT2D eigenvalue weighted by atomic mass is 16.4. The van der Waals surface area contributed by atoms with Gasteiger partial charge in [-0.3, -0.25) is 14.4 Å². The van der Waals surface area contributed by atoms with Crippen LogP contribution in [0, 0.1) is 0 Å². The summed E-state index contributed by atoms with van der Waals surface area (Å²) in [5.41, 5.74) is 0. The van der Waals surface area contributed by atoms with Gasteiger partial charge >= 0.3 is 5.97 Å². The Balaban J connectivity index is 3.38. The van der Waals surface area contributed by atoms with E-state index in [0.29, 0.717) is 6.42 Å². The van der Waals surface area contributed by atoms with E-state index in [1.54, 1.807) is 0 Å². The fourth-order valence-electron chi connectivity index (χ4n) is 1.91. The van der Waals surface area contributed by atoms with E-state index in [4.69, 9.17) is 5.11 Å². The maximum atomic E-state index is 11.5. The van der Waals surface area contributed by atoms with E-state index < -0.39 is 5.97 Å². The highest BCUT2D eigenvalue weighted by Gasteiger charge is 2.05. The monoisotopic (exact) mass is 300 g/mol. The van der Waals surface area contributed by atoms with Crippen LogP contribution in [0.5, 0.6) is 0 Å². The summed E-state index contributed by atoms with van der Waals surface area (Å²) in [5.74, 6) is -1.49. The van der Waals surface area contributed by atoms with Gasteiger partial charge in [0.1, 0.15) is 6.54 Å². The predicted molar refractivity (Wildman–Crippen MR) is 80.9 cm³/mol. The van der Waals surface area contributed by atoms with E-state index in [9.17, 15) is 14.4 Å². The Bertz CT molecular complexity index is 319. The molecule has 0 rings (SSSR count). The first-order valence-corrected chi connectivity index (χ1v) is 7.81. The van der Waals surface area contributed by atoms with E-state index in [2.05, 4.69) is 17.6 Å². The number of carboxylic acids is 1. The zero-order valence-electron chi connectivity index (χ0n) is 13.0. The summed E-state index contributed by atoms with van der Waals surface area (Å²) in [4.78, 5) is 32.9. The molecule has 0 saturated carbocycles. The molecule has 2 amide bonds. The number of nitrogens with one attached hydrogen (secondary N) is 2. The molecule has 6 nitrogen and oxygen atoms in total. The number of rotatable bonds is 13. The Morgan fingerprint density at radius 3 is 2.00 bits per heavy atom. The van der Waals surface area contributed by atoms with Crippen LogP contribution in [0.25, 0.3) is 0 Å². The number of aliphatic carboxylic acids is 1.